The molecule has 2 atom stereocenters. The number of halogens is 1. The molecule has 8 nitrogen and oxygen atoms in total. The summed E-state index contributed by atoms with van der Waals surface area (Å²) in [7, 11) is -2.22. The number of benzene rings is 1. The Labute approximate surface area is 180 Å². The molecule has 0 fully saturated rings. The van der Waals surface area contributed by atoms with Gasteiger partial charge < -0.3 is 15.8 Å². The average molecular weight is 449 g/mol. The maximum absolute atomic E-state index is 14.8. The Morgan fingerprint density at radius 3 is 2.55 bits per heavy atom. The maximum atomic E-state index is 14.8. The van der Waals surface area contributed by atoms with Gasteiger partial charge in [0.25, 0.3) is 5.91 Å². The SMILES string of the molecule is CCC1(C)C(N)=N[C@](C)(c2cc(NC(=O)c3ccc(OC)cn3)ccc2F)CS1(=O)=O. The number of ether oxygens (including phenoxy) is 1. The number of amidine groups is 1. The summed E-state index contributed by atoms with van der Waals surface area (Å²) >= 11 is 0. The molecule has 2 heterocycles. The highest BCUT2D eigenvalue weighted by Gasteiger charge is 2.51. The Morgan fingerprint density at radius 2 is 2.00 bits per heavy atom. The van der Waals surface area contributed by atoms with Crippen molar-refractivity contribution < 1.29 is 22.3 Å². The largest absolute Gasteiger partial charge is 0.495 e. The number of hydrogen-bond donors (Lipinski definition) is 2. The first kappa shape index (κ1) is 22.7. The first-order chi connectivity index (χ1) is 14.5. The normalized spacial score (nSPS) is 24.9. The van der Waals surface area contributed by atoms with Gasteiger partial charge in [0.2, 0.25) is 0 Å². The molecule has 1 aliphatic heterocycles. The number of hydrogen-bond acceptors (Lipinski definition) is 7. The molecule has 0 bridgehead atoms. The Hall–Kier alpha value is -3.01. The highest BCUT2D eigenvalue weighted by Crippen LogP contribution is 2.39. The Morgan fingerprint density at radius 1 is 1.29 bits per heavy atom. The molecule has 0 spiro atoms. The molecule has 1 aromatic heterocycles. The number of methoxy groups -OCH3 is 1. The third-order valence-electron chi connectivity index (χ3n) is 5.75. The fraction of sp³-hybridized carbons (Fsp3) is 0.381. The number of rotatable bonds is 5. The summed E-state index contributed by atoms with van der Waals surface area (Å²) in [5, 5.41) is 2.64. The van der Waals surface area contributed by atoms with Crippen LogP contribution < -0.4 is 15.8 Å². The molecule has 166 valence electrons. The van der Waals surface area contributed by atoms with E-state index in [9.17, 15) is 17.6 Å². The number of nitrogens with zero attached hydrogens (tertiary/aromatic N) is 2. The second-order valence-corrected chi connectivity index (χ2v) is 10.3. The van der Waals surface area contributed by atoms with Gasteiger partial charge in [0.1, 0.15) is 33.4 Å². The van der Waals surface area contributed by atoms with Crippen LogP contribution in [0.25, 0.3) is 0 Å². The van der Waals surface area contributed by atoms with Crippen LogP contribution in [0.4, 0.5) is 10.1 Å². The number of aliphatic imine (C=N–C) groups is 1. The van der Waals surface area contributed by atoms with Gasteiger partial charge in [-0.15, -0.1) is 0 Å². The summed E-state index contributed by atoms with van der Waals surface area (Å²) < 4.78 is 44.4. The smallest absolute Gasteiger partial charge is 0.274 e. The fourth-order valence-electron chi connectivity index (χ4n) is 3.49. The number of carbonyl (C=O) groups excluding carboxylic acids is 1. The number of carbonyl (C=O) groups is 1. The summed E-state index contributed by atoms with van der Waals surface area (Å²) in [5.74, 6) is -1.11. The van der Waals surface area contributed by atoms with Gasteiger partial charge in [0.05, 0.1) is 19.1 Å². The monoisotopic (exact) mass is 448 g/mol. The van der Waals surface area contributed by atoms with Crippen molar-refractivity contribution in [2.75, 3.05) is 18.2 Å². The fourth-order valence-corrected chi connectivity index (χ4v) is 5.57. The Balaban J connectivity index is 1.96. The number of nitrogens with one attached hydrogen (secondary N) is 1. The number of anilines is 1. The lowest BCUT2D eigenvalue weighted by Crippen LogP contribution is -2.56. The van der Waals surface area contributed by atoms with Crippen LogP contribution in [0.2, 0.25) is 0 Å². The number of aromatic nitrogens is 1. The molecular formula is C21H25FN4O4S. The van der Waals surface area contributed by atoms with Crippen LogP contribution in [0.15, 0.2) is 41.5 Å². The van der Waals surface area contributed by atoms with Crippen molar-refractivity contribution in [3.63, 3.8) is 0 Å². The third-order valence-corrected chi connectivity index (χ3v) is 8.56. The zero-order valence-electron chi connectivity index (χ0n) is 17.8. The Kier molecular flexibility index (Phi) is 5.79. The Bertz CT molecular complexity index is 1150. The minimum Gasteiger partial charge on any atom is -0.495 e. The van der Waals surface area contributed by atoms with E-state index in [-0.39, 0.29) is 29.2 Å². The van der Waals surface area contributed by atoms with E-state index in [1.54, 1.807) is 13.0 Å². The minimum atomic E-state index is -3.71. The predicted molar refractivity (Wildman–Crippen MR) is 117 cm³/mol. The van der Waals surface area contributed by atoms with Gasteiger partial charge in [0, 0.05) is 11.3 Å². The summed E-state index contributed by atoms with van der Waals surface area (Å²) in [4.78, 5) is 20.9. The van der Waals surface area contributed by atoms with Crippen LogP contribution in [0.3, 0.4) is 0 Å². The van der Waals surface area contributed by atoms with Gasteiger partial charge in [0.15, 0.2) is 9.84 Å². The summed E-state index contributed by atoms with van der Waals surface area (Å²) in [6, 6.07) is 6.99. The third kappa shape index (κ3) is 3.99. The molecule has 1 aromatic carbocycles. The number of sulfone groups is 1. The molecule has 0 radical (unpaired) electrons. The van der Waals surface area contributed by atoms with E-state index in [4.69, 9.17) is 10.5 Å². The van der Waals surface area contributed by atoms with Crippen LogP contribution in [0.5, 0.6) is 5.75 Å². The van der Waals surface area contributed by atoms with Crippen molar-refractivity contribution in [2.45, 2.75) is 37.5 Å². The second kappa shape index (κ2) is 7.92. The predicted octanol–water partition coefficient (Wildman–Crippen LogP) is 2.65. The molecule has 0 saturated carbocycles. The molecule has 1 unspecified atom stereocenters. The van der Waals surface area contributed by atoms with Gasteiger partial charge in [-0.25, -0.2) is 17.8 Å². The van der Waals surface area contributed by atoms with Crippen LogP contribution in [-0.2, 0) is 15.4 Å². The quantitative estimate of drug-likeness (QED) is 0.725. The maximum Gasteiger partial charge on any atom is 0.274 e. The van der Waals surface area contributed by atoms with Crippen molar-refractivity contribution in [3.8, 4) is 5.75 Å². The highest BCUT2D eigenvalue weighted by atomic mass is 32.2. The van der Waals surface area contributed by atoms with Crippen molar-refractivity contribution in [1.29, 1.82) is 0 Å². The molecule has 3 N–H and O–H groups in total. The second-order valence-electron chi connectivity index (χ2n) is 7.85. The van der Waals surface area contributed by atoms with Gasteiger partial charge in [-0.2, -0.15) is 0 Å². The summed E-state index contributed by atoms with van der Waals surface area (Å²) in [6.45, 7) is 4.75. The first-order valence-electron chi connectivity index (χ1n) is 9.65. The molecule has 10 heteroatoms. The molecule has 1 amide bonds. The number of pyridine rings is 1. The van der Waals surface area contributed by atoms with Crippen LogP contribution >= 0.6 is 0 Å². The van der Waals surface area contributed by atoms with Crippen molar-refractivity contribution in [1.82, 2.24) is 4.98 Å². The minimum absolute atomic E-state index is 0.0256. The van der Waals surface area contributed by atoms with Crippen molar-refractivity contribution in [2.24, 2.45) is 10.7 Å². The lowest BCUT2D eigenvalue weighted by atomic mass is 9.92. The molecular weight excluding hydrogens is 423 g/mol. The van der Waals surface area contributed by atoms with E-state index in [0.717, 1.165) is 6.07 Å². The summed E-state index contributed by atoms with van der Waals surface area (Å²) in [5.41, 5.74) is 5.05. The van der Waals surface area contributed by atoms with E-state index < -0.39 is 37.6 Å². The lowest BCUT2D eigenvalue weighted by molar-refractivity contribution is 0.102. The first-order valence-corrected chi connectivity index (χ1v) is 11.3. The van der Waals surface area contributed by atoms with Crippen LogP contribution in [-0.4, -0.2) is 42.8 Å². The van der Waals surface area contributed by atoms with Gasteiger partial charge in [-0.05, 0) is 50.6 Å². The lowest BCUT2D eigenvalue weighted by Gasteiger charge is -2.39. The zero-order chi connectivity index (χ0) is 23.0. The van der Waals surface area contributed by atoms with E-state index in [1.165, 1.54) is 45.4 Å². The number of amides is 1. The van der Waals surface area contributed by atoms with E-state index in [1.807, 2.05) is 0 Å². The van der Waals surface area contributed by atoms with Crippen molar-refractivity contribution in [3.05, 3.63) is 53.6 Å². The van der Waals surface area contributed by atoms with E-state index in [2.05, 4.69) is 15.3 Å². The molecule has 0 aliphatic carbocycles. The van der Waals surface area contributed by atoms with E-state index in [0.29, 0.717) is 5.75 Å². The molecule has 3 rings (SSSR count). The van der Waals surface area contributed by atoms with Crippen molar-refractivity contribution >= 4 is 27.3 Å². The molecule has 2 aromatic rings. The zero-order valence-corrected chi connectivity index (χ0v) is 18.6. The molecule has 1 aliphatic rings. The highest BCUT2D eigenvalue weighted by molar-refractivity contribution is 7.93. The van der Waals surface area contributed by atoms with Gasteiger partial charge >= 0.3 is 0 Å². The standard InChI is InChI=1S/C21H25FN4O4S/c1-5-21(3)19(23)26-20(2,12-31(21,28)29)15-10-13(6-8-16(15)22)25-18(27)17-9-7-14(30-4)11-24-17/h6-11H,5,12H2,1-4H3,(H2,23,26)(H,25,27)/t20-,21?/m0/s1. The molecule has 31 heavy (non-hydrogen) atoms. The topological polar surface area (TPSA) is 124 Å². The molecule has 0 saturated heterocycles. The average Bonchev–Trinajstić information content (AvgIpc) is 2.72. The summed E-state index contributed by atoms with van der Waals surface area (Å²) in [6.07, 6.45) is 1.66. The van der Waals surface area contributed by atoms with Crippen LogP contribution in [0, 0.1) is 5.82 Å². The van der Waals surface area contributed by atoms with Gasteiger partial charge in [-0.1, -0.05) is 6.92 Å². The van der Waals surface area contributed by atoms with E-state index >= 15 is 0 Å². The number of nitrogens with two attached hydrogens (primary N) is 1. The van der Waals surface area contributed by atoms with Gasteiger partial charge in [-0.3, -0.25) is 9.79 Å². The van der Waals surface area contributed by atoms with Crippen LogP contribution in [0.1, 0.15) is 43.2 Å².